The number of aromatic nitrogens is 6. The van der Waals surface area contributed by atoms with E-state index < -0.39 is 0 Å². The van der Waals surface area contributed by atoms with Gasteiger partial charge in [0.25, 0.3) is 0 Å². The molecule has 4 rings (SSSR count). The first-order valence-electron chi connectivity index (χ1n) is 9.26. The molecule has 0 saturated carbocycles. The summed E-state index contributed by atoms with van der Waals surface area (Å²) < 4.78 is 1.89. The molecule has 0 aromatic carbocycles. The summed E-state index contributed by atoms with van der Waals surface area (Å²) in [7, 11) is 1.95. The van der Waals surface area contributed by atoms with E-state index in [0.717, 1.165) is 41.2 Å². The molecule has 7 nitrogen and oxygen atoms in total. The Morgan fingerprint density at radius 3 is 2.85 bits per heavy atom. The minimum absolute atomic E-state index is 0.621. The van der Waals surface area contributed by atoms with Crippen LogP contribution in [0.2, 0.25) is 0 Å². The summed E-state index contributed by atoms with van der Waals surface area (Å²) in [6.07, 6.45) is 7.79. The normalized spacial score (nSPS) is 14.1. The minimum atomic E-state index is 0.621. The molecule has 0 bridgehead atoms. The molecule has 0 fully saturated rings. The molecule has 0 unspecified atom stereocenters. The van der Waals surface area contributed by atoms with E-state index in [1.807, 2.05) is 24.7 Å². The Bertz CT molecular complexity index is 922. The number of H-pyrrole nitrogens is 1. The number of nitrogens with one attached hydrogen (secondary N) is 2. The molecule has 0 saturated heterocycles. The monoisotopic (exact) mass is 351 g/mol. The van der Waals surface area contributed by atoms with Gasteiger partial charge in [0.15, 0.2) is 0 Å². The zero-order chi connectivity index (χ0) is 18.1. The van der Waals surface area contributed by atoms with Crippen LogP contribution in [0.3, 0.4) is 0 Å². The maximum Gasteiger partial charge on any atom is 0.223 e. The Balaban J connectivity index is 1.54. The molecule has 1 aliphatic rings. The molecule has 26 heavy (non-hydrogen) atoms. The molecule has 0 atom stereocenters. The quantitative estimate of drug-likeness (QED) is 0.706. The molecule has 1 aliphatic carbocycles. The summed E-state index contributed by atoms with van der Waals surface area (Å²) in [5.74, 6) is 0.621. The Morgan fingerprint density at radius 1 is 1.19 bits per heavy atom. The van der Waals surface area contributed by atoms with Crippen LogP contribution in [-0.2, 0) is 26.4 Å². The van der Waals surface area contributed by atoms with Crippen LogP contribution in [0.25, 0.3) is 11.3 Å². The molecule has 136 valence electrons. The van der Waals surface area contributed by atoms with Crippen LogP contribution in [0.4, 0.5) is 5.95 Å². The van der Waals surface area contributed by atoms with Gasteiger partial charge in [0.1, 0.15) is 0 Å². The maximum atomic E-state index is 4.69. The van der Waals surface area contributed by atoms with Crippen LogP contribution < -0.4 is 5.32 Å². The second-order valence-corrected chi connectivity index (χ2v) is 6.98. The smallest absolute Gasteiger partial charge is 0.223 e. The van der Waals surface area contributed by atoms with Crippen LogP contribution in [0.1, 0.15) is 47.6 Å². The highest BCUT2D eigenvalue weighted by Crippen LogP contribution is 2.25. The van der Waals surface area contributed by atoms with E-state index in [1.54, 1.807) is 6.20 Å². The zero-order valence-corrected chi connectivity index (χ0v) is 15.6. The number of hydrogen-bond donors (Lipinski definition) is 2. The lowest BCUT2D eigenvalue weighted by Gasteiger charge is -2.07. The van der Waals surface area contributed by atoms with Crippen molar-refractivity contribution in [3.05, 3.63) is 40.6 Å². The first kappa shape index (κ1) is 16.8. The van der Waals surface area contributed by atoms with Gasteiger partial charge >= 0.3 is 0 Å². The topological polar surface area (TPSA) is 84.3 Å². The Labute approximate surface area is 153 Å². The lowest BCUT2D eigenvalue weighted by Crippen LogP contribution is -2.06. The molecule has 0 amide bonds. The molecule has 0 spiro atoms. The van der Waals surface area contributed by atoms with E-state index in [0.29, 0.717) is 12.5 Å². The van der Waals surface area contributed by atoms with Crippen molar-refractivity contribution in [1.82, 2.24) is 29.9 Å². The van der Waals surface area contributed by atoms with Gasteiger partial charge in [-0.15, -0.1) is 0 Å². The lowest BCUT2D eigenvalue weighted by molar-refractivity contribution is 0.699. The van der Waals surface area contributed by atoms with Gasteiger partial charge in [-0.05, 0) is 51.2 Å². The van der Waals surface area contributed by atoms with Crippen molar-refractivity contribution in [3.63, 3.8) is 0 Å². The fourth-order valence-electron chi connectivity index (χ4n) is 3.76. The van der Waals surface area contributed by atoms with Crippen LogP contribution >= 0.6 is 0 Å². The summed E-state index contributed by atoms with van der Waals surface area (Å²) in [5, 5.41) is 15.5. The van der Waals surface area contributed by atoms with Crippen molar-refractivity contribution in [2.75, 3.05) is 5.32 Å². The Kier molecular flexibility index (Phi) is 4.44. The highest BCUT2D eigenvalue weighted by Gasteiger charge is 2.16. The van der Waals surface area contributed by atoms with Crippen LogP contribution in [0.15, 0.2) is 12.3 Å². The number of nitrogens with zero attached hydrogens (tertiary/aromatic N) is 5. The van der Waals surface area contributed by atoms with Crippen LogP contribution in [0, 0.1) is 13.8 Å². The molecule has 7 heteroatoms. The maximum absolute atomic E-state index is 4.69. The number of fused-ring (bicyclic) bond motifs is 1. The summed E-state index contributed by atoms with van der Waals surface area (Å²) >= 11 is 0. The van der Waals surface area contributed by atoms with E-state index >= 15 is 0 Å². The van der Waals surface area contributed by atoms with Crippen molar-refractivity contribution in [1.29, 1.82) is 0 Å². The van der Waals surface area contributed by atoms with Crippen LogP contribution in [-0.4, -0.2) is 29.9 Å². The summed E-state index contributed by atoms with van der Waals surface area (Å²) in [6.45, 7) is 4.71. The van der Waals surface area contributed by atoms with Gasteiger partial charge < -0.3 is 5.32 Å². The Morgan fingerprint density at radius 2 is 2.04 bits per heavy atom. The molecule has 0 aliphatic heterocycles. The number of hydrogen-bond acceptors (Lipinski definition) is 5. The predicted molar refractivity (Wildman–Crippen MR) is 101 cm³/mol. The van der Waals surface area contributed by atoms with Gasteiger partial charge in [-0.25, -0.2) is 9.97 Å². The molecule has 0 radical (unpaired) electrons. The second-order valence-electron chi connectivity index (χ2n) is 6.98. The van der Waals surface area contributed by atoms with Gasteiger partial charge in [-0.3, -0.25) is 9.78 Å². The third kappa shape index (κ3) is 3.09. The van der Waals surface area contributed by atoms with E-state index in [9.17, 15) is 0 Å². The van der Waals surface area contributed by atoms with E-state index in [2.05, 4.69) is 32.5 Å². The summed E-state index contributed by atoms with van der Waals surface area (Å²) in [5.41, 5.74) is 7.82. The summed E-state index contributed by atoms with van der Waals surface area (Å²) in [6, 6.07) is 1.93. The van der Waals surface area contributed by atoms with Crippen molar-refractivity contribution in [2.24, 2.45) is 7.05 Å². The SMILES string of the molecule is Cc1nn(C)c(C)c1-c1ccnc(NCc2n[nH]c3c2CCCCC3)n1. The second kappa shape index (κ2) is 6.90. The van der Waals surface area contributed by atoms with Gasteiger partial charge in [0.05, 0.1) is 23.6 Å². The zero-order valence-electron chi connectivity index (χ0n) is 15.6. The average Bonchev–Trinajstić information content (AvgIpc) is 3.02. The van der Waals surface area contributed by atoms with Gasteiger partial charge in [-0.2, -0.15) is 10.2 Å². The van der Waals surface area contributed by atoms with E-state index in [-0.39, 0.29) is 0 Å². The number of aromatic amines is 1. The largest absolute Gasteiger partial charge is 0.348 e. The highest BCUT2D eigenvalue weighted by molar-refractivity contribution is 5.65. The average molecular weight is 351 g/mol. The van der Waals surface area contributed by atoms with Crippen molar-refractivity contribution in [2.45, 2.75) is 52.5 Å². The van der Waals surface area contributed by atoms with Gasteiger partial charge in [-0.1, -0.05) is 6.42 Å². The van der Waals surface area contributed by atoms with Crippen molar-refractivity contribution < 1.29 is 0 Å². The molecule has 2 N–H and O–H groups in total. The first-order chi connectivity index (χ1) is 12.6. The fourth-order valence-corrected chi connectivity index (χ4v) is 3.76. The van der Waals surface area contributed by atoms with Gasteiger partial charge in [0.2, 0.25) is 5.95 Å². The molecular formula is C19H25N7. The van der Waals surface area contributed by atoms with E-state index in [4.69, 9.17) is 4.98 Å². The molecule has 3 heterocycles. The summed E-state index contributed by atoms with van der Waals surface area (Å²) in [4.78, 5) is 9.07. The third-order valence-electron chi connectivity index (χ3n) is 5.23. The van der Waals surface area contributed by atoms with Gasteiger partial charge in [0, 0.05) is 30.2 Å². The lowest BCUT2D eigenvalue weighted by atomic mass is 10.1. The molecule has 3 aromatic heterocycles. The Hall–Kier alpha value is -2.70. The number of anilines is 1. The number of aryl methyl sites for hydroxylation is 3. The van der Waals surface area contributed by atoms with Crippen molar-refractivity contribution in [3.8, 4) is 11.3 Å². The van der Waals surface area contributed by atoms with E-state index in [1.165, 1.54) is 30.5 Å². The molecular weight excluding hydrogens is 326 g/mol. The molecule has 3 aromatic rings. The standard InChI is InChI=1S/C19H25N7/c1-12-18(13(2)26(3)25-12)16-9-10-20-19(22-16)21-11-17-14-7-5-4-6-8-15(14)23-24-17/h9-10H,4-8,11H2,1-3H3,(H,23,24)(H,20,21,22). The first-order valence-corrected chi connectivity index (χ1v) is 9.26. The highest BCUT2D eigenvalue weighted by atomic mass is 15.3. The van der Waals surface area contributed by atoms with Crippen LogP contribution in [0.5, 0.6) is 0 Å². The minimum Gasteiger partial charge on any atom is -0.348 e. The number of rotatable bonds is 4. The predicted octanol–water partition coefficient (Wildman–Crippen LogP) is 3.10. The third-order valence-corrected chi connectivity index (χ3v) is 5.23. The van der Waals surface area contributed by atoms with Crippen molar-refractivity contribution >= 4 is 5.95 Å². The fraction of sp³-hybridized carbons (Fsp3) is 0.474.